The Morgan fingerprint density at radius 1 is 1.03 bits per heavy atom. The molecule has 0 saturated carbocycles. The summed E-state index contributed by atoms with van der Waals surface area (Å²) in [4.78, 5) is 32.8. The summed E-state index contributed by atoms with van der Waals surface area (Å²) in [5, 5.41) is 0. The lowest BCUT2D eigenvalue weighted by atomic mass is 10.1. The van der Waals surface area contributed by atoms with Crippen molar-refractivity contribution in [1.29, 1.82) is 0 Å². The average molecular weight is 423 g/mol. The topological polar surface area (TPSA) is 66.7 Å². The molecule has 0 spiro atoms. The number of rotatable bonds is 3. The Balaban J connectivity index is 1.37. The quantitative estimate of drug-likeness (QED) is 0.640. The first-order chi connectivity index (χ1) is 15.0. The van der Waals surface area contributed by atoms with E-state index >= 15 is 0 Å². The molecule has 2 aliphatic heterocycles. The van der Waals surface area contributed by atoms with E-state index in [0.29, 0.717) is 42.9 Å². The van der Waals surface area contributed by atoms with Crippen molar-refractivity contribution in [3.05, 3.63) is 71.1 Å². The van der Waals surface area contributed by atoms with E-state index in [1.165, 1.54) is 0 Å². The van der Waals surface area contributed by atoms with Crippen LogP contribution in [0.4, 0.5) is 14.5 Å². The van der Waals surface area contributed by atoms with Crippen LogP contribution in [-0.2, 0) is 17.8 Å². The first kappa shape index (κ1) is 19.4. The average Bonchev–Trinajstić information content (AvgIpc) is 3.38. The molecule has 2 aliphatic rings. The lowest BCUT2D eigenvalue weighted by Crippen LogP contribution is -2.36. The summed E-state index contributed by atoms with van der Waals surface area (Å²) in [7, 11) is 0. The van der Waals surface area contributed by atoms with Crippen LogP contribution in [0.25, 0.3) is 11.5 Å². The van der Waals surface area contributed by atoms with Gasteiger partial charge in [-0.05, 0) is 36.8 Å². The fourth-order valence-electron chi connectivity index (χ4n) is 4.08. The highest BCUT2D eigenvalue weighted by molar-refractivity contribution is 5.99. The van der Waals surface area contributed by atoms with Crippen molar-refractivity contribution in [2.24, 2.45) is 0 Å². The van der Waals surface area contributed by atoms with Crippen LogP contribution in [-0.4, -0.2) is 34.8 Å². The predicted octanol–water partition coefficient (Wildman–Crippen LogP) is 3.95. The molecule has 0 radical (unpaired) electrons. The summed E-state index contributed by atoms with van der Waals surface area (Å²) in [6, 6.07) is 10.2. The monoisotopic (exact) mass is 423 g/mol. The number of nitrogens with zero attached hydrogens (tertiary/aromatic N) is 3. The van der Waals surface area contributed by atoms with Crippen molar-refractivity contribution in [2.75, 3.05) is 18.0 Å². The van der Waals surface area contributed by atoms with E-state index in [2.05, 4.69) is 4.98 Å². The van der Waals surface area contributed by atoms with Gasteiger partial charge in [0.15, 0.2) is 0 Å². The van der Waals surface area contributed by atoms with Gasteiger partial charge in [0.25, 0.3) is 5.91 Å². The van der Waals surface area contributed by atoms with Gasteiger partial charge in [-0.15, -0.1) is 0 Å². The second-order valence-electron chi connectivity index (χ2n) is 7.72. The van der Waals surface area contributed by atoms with Crippen LogP contribution < -0.4 is 4.90 Å². The van der Waals surface area contributed by atoms with Crippen LogP contribution >= 0.6 is 0 Å². The van der Waals surface area contributed by atoms with Gasteiger partial charge < -0.3 is 14.2 Å². The molecule has 2 amide bonds. The van der Waals surface area contributed by atoms with Crippen molar-refractivity contribution in [3.8, 4) is 11.5 Å². The molecule has 158 valence electrons. The Morgan fingerprint density at radius 2 is 1.84 bits per heavy atom. The normalized spacial score (nSPS) is 16.0. The molecule has 31 heavy (non-hydrogen) atoms. The summed E-state index contributed by atoms with van der Waals surface area (Å²) in [6.07, 6.45) is 1.79. The van der Waals surface area contributed by atoms with Gasteiger partial charge in [0.2, 0.25) is 11.8 Å². The van der Waals surface area contributed by atoms with Gasteiger partial charge >= 0.3 is 0 Å². The molecule has 3 heterocycles. The highest BCUT2D eigenvalue weighted by Gasteiger charge is 2.28. The fraction of sp³-hybridized carbons (Fsp3) is 0.261. The molecule has 0 bridgehead atoms. The smallest absolute Gasteiger partial charge is 0.254 e. The summed E-state index contributed by atoms with van der Waals surface area (Å²) in [6.45, 7) is 1.33. The lowest BCUT2D eigenvalue weighted by molar-refractivity contribution is -0.117. The third-order valence-electron chi connectivity index (χ3n) is 5.60. The second-order valence-corrected chi connectivity index (χ2v) is 7.72. The Bertz CT molecular complexity index is 1170. The number of halogens is 2. The Labute approximate surface area is 177 Å². The Morgan fingerprint density at radius 3 is 2.58 bits per heavy atom. The number of oxazole rings is 1. The molecule has 1 fully saturated rings. The van der Waals surface area contributed by atoms with Crippen LogP contribution in [0.5, 0.6) is 0 Å². The highest BCUT2D eigenvalue weighted by Crippen LogP contribution is 2.29. The first-order valence-corrected chi connectivity index (χ1v) is 10.1. The van der Waals surface area contributed by atoms with E-state index in [1.807, 2.05) is 6.07 Å². The molecular formula is C23H19F2N3O3. The zero-order valence-electron chi connectivity index (χ0n) is 16.6. The maximum absolute atomic E-state index is 13.5. The molecule has 1 saturated heterocycles. The maximum atomic E-state index is 13.5. The fourth-order valence-corrected chi connectivity index (χ4v) is 4.08. The molecule has 2 aromatic carbocycles. The molecule has 5 rings (SSSR count). The summed E-state index contributed by atoms with van der Waals surface area (Å²) < 4.78 is 32.8. The molecular weight excluding hydrogens is 404 g/mol. The van der Waals surface area contributed by atoms with Crippen molar-refractivity contribution in [2.45, 2.75) is 25.8 Å². The van der Waals surface area contributed by atoms with Crippen molar-refractivity contribution < 1.29 is 22.8 Å². The van der Waals surface area contributed by atoms with Crippen LogP contribution in [0.15, 0.2) is 46.9 Å². The molecule has 0 atom stereocenters. The third-order valence-corrected chi connectivity index (χ3v) is 5.60. The maximum Gasteiger partial charge on any atom is 0.254 e. The number of fused-ring (bicyclic) bond motifs is 1. The largest absolute Gasteiger partial charge is 0.441 e. The van der Waals surface area contributed by atoms with Gasteiger partial charge in [0.1, 0.15) is 23.1 Å². The standard InChI is InChI=1S/C23H19F2N3O3/c24-16-9-15(10-17(25)12-16)22-26-19-13-27(8-6-20(19)31-22)23(30)14-3-1-4-18(11-14)28-7-2-5-21(28)29/h1,3-4,9-12H,2,5-8,13H2. The zero-order chi connectivity index (χ0) is 21.5. The molecule has 0 unspecified atom stereocenters. The zero-order valence-corrected chi connectivity index (χ0v) is 16.6. The summed E-state index contributed by atoms with van der Waals surface area (Å²) >= 11 is 0. The summed E-state index contributed by atoms with van der Waals surface area (Å²) in [5.41, 5.74) is 2.01. The molecule has 6 nitrogen and oxygen atoms in total. The molecule has 0 aliphatic carbocycles. The van der Waals surface area contributed by atoms with E-state index in [9.17, 15) is 18.4 Å². The lowest BCUT2D eigenvalue weighted by Gasteiger charge is -2.26. The number of hydrogen-bond acceptors (Lipinski definition) is 4. The minimum atomic E-state index is -0.709. The van der Waals surface area contributed by atoms with Gasteiger partial charge in [0, 0.05) is 48.8 Å². The van der Waals surface area contributed by atoms with Gasteiger partial charge in [-0.2, -0.15) is 0 Å². The number of anilines is 1. The predicted molar refractivity (Wildman–Crippen MR) is 108 cm³/mol. The number of carbonyl (C=O) groups excluding carboxylic acids is 2. The Hall–Kier alpha value is -3.55. The third kappa shape index (κ3) is 3.69. The first-order valence-electron chi connectivity index (χ1n) is 10.1. The van der Waals surface area contributed by atoms with E-state index in [4.69, 9.17) is 4.42 Å². The van der Waals surface area contributed by atoms with E-state index < -0.39 is 11.6 Å². The molecule has 8 heteroatoms. The molecule has 0 N–H and O–H groups in total. The minimum absolute atomic E-state index is 0.0659. The van der Waals surface area contributed by atoms with Gasteiger partial charge in [-0.3, -0.25) is 9.59 Å². The van der Waals surface area contributed by atoms with Crippen LogP contribution in [0.1, 0.15) is 34.7 Å². The number of aromatic nitrogens is 1. The van der Waals surface area contributed by atoms with Gasteiger partial charge in [-0.1, -0.05) is 6.07 Å². The van der Waals surface area contributed by atoms with E-state index in [1.54, 1.807) is 28.0 Å². The van der Waals surface area contributed by atoms with Crippen molar-refractivity contribution in [1.82, 2.24) is 9.88 Å². The van der Waals surface area contributed by atoms with Gasteiger partial charge in [0.05, 0.1) is 6.54 Å². The molecule has 1 aromatic heterocycles. The minimum Gasteiger partial charge on any atom is -0.441 e. The van der Waals surface area contributed by atoms with Crippen molar-refractivity contribution in [3.63, 3.8) is 0 Å². The van der Waals surface area contributed by atoms with Crippen molar-refractivity contribution >= 4 is 17.5 Å². The van der Waals surface area contributed by atoms with E-state index in [-0.39, 0.29) is 29.8 Å². The molecule has 3 aromatic rings. The number of amides is 2. The van der Waals surface area contributed by atoms with E-state index in [0.717, 1.165) is 30.3 Å². The SMILES string of the molecule is O=C(c1cccc(N2CCCC2=O)c1)N1CCc2oc(-c3cc(F)cc(F)c3)nc2C1. The van der Waals surface area contributed by atoms with Crippen LogP contribution in [0.2, 0.25) is 0 Å². The Kier molecular flexibility index (Phi) is 4.77. The number of benzene rings is 2. The number of hydrogen-bond donors (Lipinski definition) is 0. The van der Waals surface area contributed by atoms with Gasteiger partial charge in [-0.25, -0.2) is 13.8 Å². The highest BCUT2D eigenvalue weighted by atomic mass is 19.1. The number of carbonyl (C=O) groups is 2. The summed E-state index contributed by atoms with van der Waals surface area (Å²) in [5.74, 6) is -0.775. The van der Waals surface area contributed by atoms with Crippen LogP contribution in [0, 0.1) is 11.6 Å². The van der Waals surface area contributed by atoms with Crippen LogP contribution in [0.3, 0.4) is 0 Å². The second kappa shape index (κ2) is 7.61.